The first-order valence-electron chi connectivity index (χ1n) is 8.30. The number of methoxy groups -OCH3 is 1. The average molecular weight is 425 g/mol. The number of halogens is 3. The molecule has 1 saturated heterocycles. The molecule has 0 aromatic heterocycles. The number of amides is 1. The molecule has 1 amide bonds. The molecule has 3 rings (SSSR count). The molecule has 0 aliphatic carbocycles. The van der Waals surface area contributed by atoms with Gasteiger partial charge in [-0.05, 0) is 59.1 Å². The number of carbonyl (C=O) groups is 1. The van der Waals surface area contributed by atoms with Crippen LogP contribution < -0.4 is 10.1 Å². The molecule has 0 spiro atoms. The first-order chi connectivity index (χ1) is 12.5. The van der Waals surface area contributed by atoms with E-state index in [4.69, 9.17) is 4.74 Å². The van der Waals surface area contributed by atoms with E-state index in [1.165, 1.54) is 0 Å². The van der Waals surface area contributed by atoms with Crippen molar-refractivity contribution in [2.24, 2.45) is 0 Å². The molecule has 1 heterocycles. The zero-order valence-corrected chi connectivity index (χ0v) is 15.9. The summed E-state index contributed by atoms with van der Waals surface area (Å²) < 4.78 is 32.5. The Morgan fingerprint density at radius 1 is 1.35 bits per heavy atom. The van der Waals surface area contributed by atoms with E-state index in [1.54, 1.807) is 7.11 Å². The van der Waals surface area contributed by atoms with E-state index in [2.05, 4.69) is 26.1 Å². The Morgan fingerprint density at radius 3 is 2.88 bits per heavy atom. The van der Waals surface area contributed by atoms with Gasteiger partial charge in [0, 0.05) is 16.6 Å². The van der Waals surface area contributed by atoms with Gasteiger partial charge in [0.1, 0.15) is 11.6 Å². The van der Waals surface area contributed by atoms with E-state index < -0.39 is 11.6 Å². The zero-order chi connectivity index (χ0) is 18.7. The minimum atomic E-state index is -0.809. The first kappa shape index (κ1) is 18.8. The van der Waals surface area contributed by atoms with Crippen molar-refractivity contribution in [2.45, 2.75) is 18.9 Å². The normalized spacial score (nSPS) is 17.3. The van der Waals surface area contributed by atoms with Crippen LogP contribution in [0.15, 0.2) is 40.9 Å². The lowest BCUT2D eigenvalue weighted by atomic mass is 10.0. The van der Waals surface area contributed by atoms with Crippen LogP contribution in [0.25, 0.3) is 0 Å². The Hall–Kier alpha value is -1.99. The largest absolute Gasteiger partial charge is 0.497 e. The van der Waals surface area contributed by atoms with Crippen LogP contribution in [-0.2, 0) is 4.79 Å². The van der Waals surface area contributed by atoms with Gasteiger partial charge in [0.2, 0.25) is 5.91 Å². The second kappa shape index (κ2) is 8.14. The smallest absolute Gasteiger partial charge is 0.238 e. The quantitative estimate of drug-likeness (QED) is 0.767. The van der Waals surface area contributed by atoms with E-state index in [1.807, 2.05) is 24.3 Å². The van der Waals surface area contributed by atoms with Gasteiger partial charge in [-0.15, -0.1) is 0 Å². The van der Waals surface area contributed by atoms with Crippen molar-refractivity contribution in [1.29, 1.82) is 0 Å². The van der Waals surface area contributed by atoms with E-state index in [9.17, 15) is 13.6 Å². The fraction of sp³-hybridized carbons (Fsp3) is 0.316. The first-order valence-corrected chi connectivity index (χ1v) is 9.09. The highest BCUT2D eigenvalue weighted by atomic mass is 79.9. The molecule has 0 bridgehead atoms. The molecular weight excluding hydrogens is 406 g/mol. The van der Waals surface area contributed by atoms with Crippen LogP contribution in [-0.4, -0.2) is 31.0 Å². The molecule has 1 atom stereocenters. The molecule has 2 aromatic rings. The Kier molecular flexibility index (Phi) is 5.88. The number of likely N-dealkylation sites (tertiary alicyclic amines) is 1. The third-order valence-corrected chi connectivity index (χ3v) is 5.09. The van der Waals surface area contributed by atoms with Gasteiger partial charge in [-0.25, -0.2) is 8.78 Å². The maximum atomic E-state index is 13.9. The van der Waals surface area contributed by atoms with Gasteiger partial charge >= 0.3 is 0 Å². The predicted molar refractivity (Wildman–Crippen MR) is 99.2 cm³/mol. The Balaban J connectivity index is 1.70. The fourth-order valence-corrected chi connectivity index (χ4v) is 3.77. The van der Waals surface area contributed by atoms with Crippen LogP contribution in [0.4, 0.5) is 14.5 Å². The third kappa shape index (κ3) is 4.22. The van der Waals surface area contributed by atoms with Crippen LogP contribution in [0.1, 0.15) is 24.4 Å². The number of rotatable bonds is 5. The van der Waals surface area contributed by atoms with E-state index in [0.29, 0.717) is 0 Å². The van der Waals surface area contributed by atoms with Crippen molar-refractivity contribution >= 4 is 27.5 Å². The number of ether oxygens (including phenoxy) is 1. The highest BCUT2D eigenvalue weighted by Gasteiger charge is 2.28. The average Bonchev–Trinajstić information content (AvgIpc) is 3.06. The van der Waals surface area contributed by atoms with Crippen LogP contribution in [0.5, 0.6) is 5.75 Å². The molecule has 0 saturated carbocycles. The molecular formula is C19H19BrF2N2O2. The highest BCUT2D eigenvalue weighted by molar-refractivity contribution is 9.10. The summed E-state index contributed by atoms with van der Waals surface area (Å²) in [7, 11) is 1.62. The highest BCUT2D eigenvalue weighted by Crippen LogP contribution is 2.33. The number of carbonyl (C=O) groups excluding carboxylic acids is 1. The summed E-state index contributed by atoms with van der Waals surface area (Å²) in [4.78, 5) is 14.5. The fourth-order valence-electron chi connectivity index (χ4n) is 3.27. The number of hydrogen-bond acceptors (Lipinski definition) is 3. The standard InChI is InChI=1S/C19H19BrF2N2O2/c1-26-14-5-2-4-12(8-14)17-6-3-7-24(17)11-18(25)23-19-15(20)9-13(21)10-16(19)22/h2,4-5,8-10,17H,3,6-7,11H2,1H3,(H,23,25). The van der Waals surface area contributed by atoms with Gasteiger partial charge in [-0.1, -0.05) is 12.1 Å². The number of anilines is 1. The number of benzene rings is 2. The molecule has 4 nitrogen and oxygen atoms in total. The lowest BCUT2D eigenvalue weighted by Gasteiger charge is -2.24. The topological polar surface area (TPSA) is 41.6 Å². The molecule has 1 aliphatic heterocycles. The van der Waals surface area contributed by atoms with Gasteiger partial charge < -0.3 is 10.1 Å². The predicted octanol–water partition coefficient (Wildman–Crippen LogP) is 4.51. The summed E-state index contributed by atoms with van der Waals surface area (Å²) in [5, 5.41) is 2.53. The molecule has 7 heteroatoms. The second-order valence-corrected chi connectivity index (χ2v) is 7.05. The molecule has 26 heavy (non-hydrogen) atoms. The van der Waals surface area contributed by atoms with Crippen molar-refractivity contribution in [3.8, 4) is 5.75 Å². The summed E-state index contributed by atoms with van der Waals surface area (Å²) in [6.45, 7) is 0.910. The molecule has 1 aliphatic rings. The molecule has 0 radical (unpaired) electrons. The Bertz CT molecular complexity index is 793. The van der Waals surface area contributed by atoms with E-state index in [-0.39, 0.29) is 28.7 Å². The summed E-state index contributed by atoms with van der Waals surface area (Å²) in [6.07, 6.45) is 1.92. The summed E-state index contributed by atoms with van der Waals surface area (Å²) >= 11 is 3.08. The number of nitrogens with zero attached hydrogens (tertiary/aromatic N) is 1. The SMILES string of the molecule is COc1cccc(C2CCCN2CC(=O)Nc2c(F)cc(F)cc2Br)c1. The lowest BCUT2D eigenvalue weighted by Crippen LogP contribution is -2.33. The lowest BCUT2D eigenvalue weighted by molar-refractivity contribution is -0.117. The van der Waals surface area contributed by atoms with Gasteiger partial charge in [0.25, 0.3) is 0 Å². The van der Waals surface area contributed by atoms with Crippen molar-refractivity contribution in [3.05, 3.63) is 58.1 Å². The van der Waals surface area contributed by atoms with Crippen molar-refractivity contribution < 1.29 is 18.3 Å². The minimum absolute atomic E-state index is 0.0477. The van der Waals surface area contributed by atoms with Gasteiger partial charge in [0.05, 0.1) is 19.3 Å². The molecule has 1 unspecified atom stereocenters. The molecule has 138 valence electrons. The van der Waals surface area contributed by atoms with Crippen molar-refractivity contribution in [3.63, 3.8) is 0 Å². The monoisotopic (exact) mass is 424 g/mol. The summed E-state index contributed by atoms with van der Waals surface area (Å²) in [5.41, 5.74) is 1.04. The summed E-state index contributed by atoms with van der Waals surface area (Å²) in [6, 6.07) is 9.76. The molecule has 2 aromatic carbocycles. The third-order valence-electron chi connectivity index (χ3n) is 4.46. The van der Waals surface area contributed by atoms with Crippen LogP contribution in [0, 0.1) is 11.6 Å². The summed E-state index contributed by atoms with van der Waals surface area (Å²) in [5.74, 6) is -1.08. The van der Waals surface area contributed by atoms with Gasteiger partial charge in [-0.3, -0.25) is 9.69 Å². The Morgan fingerprint density at radius 2 is 2.15 bits per heavy atom. The van der Waals surface area contributed by atoms with Crippen LogP contribution in [0.3, 0.4) is 0 Å². The van der Waals surface area contributed by atoms with Crippen LogP contribution >= 0.6 is 15.9 Å². The van der Waals surface area contributed by atoms with E-state index in [0.717, 1.165) is 42.8 Å². The van der Waals surface area contributed by atoms with Gasteiger partial charge in [0.15, 0.2) is 5.82 Å². The second-order valence-electron chi connectivity index (χ2n) is 6.20. The maximum absolute atomic E-state index is 13.9. The number of hydrogen-bond donors (Lipinski definition) is 1. The van der Waals surface area contributed by atoms with Crippen molar-refractivity contribution in [2.75, 3.05) is 25.5 Å². The van der Waals surface area contributed by atoms with Crippen LogP contribution in [0.2, 0.25) is 0 Å². The molecule has 1 N–H and O–H groups in total. The van der Waals surface area contributed by atoms with Crippen molar-refractivity contribution in [1.82, 2.24) is 4.90 Å². The van der Waals surface area contributed by atoms with E-state index >= 15 is 0 Å². The maximum Gasteiger partial charge on any atom is 0.238 e. The Labute approximate surface area is 159 Å². The van der Waals surface area contributed by atoms with Gasteiger partial charge in [-0.2, -0.15) is 0 Å². The zero-order valence-electron chi connectivity index (χ0n) is 14.3. The number of nitrogens with one attached hydrogen (secondary N) is 1. The minimum Gasteiger partial charge on any atom is -0.497 e. The molecule has 1 fully saturated rings.